The van der Waals surface area contributed by atoms with Crippen molar-refractivity contribution in [2.75, 3.05) is 6.61 Å². The van der Waals surface area contributed by atoms with E-state index in [1.165, 1.54) is 12.4 Å². The van der Waals surface area contributed by atoms with Gasteiger partial charge in [0.1, 0.15) is 18.3 Å². The molecule has 1 aliphatic heterocycles. The van der Waals surface area contributed by atoms with Crippen LogP contribution in [0.2, 0.25) is 0 Å². The Morgan fingerprint density at radius 3 is 2.79 bits per heavy atom. The van der Waals surface area contributed by atoms with Crippen molar-refractivity contribution in [3.63, 3.8) is 0 Å². The summed E-state index contributed by atoms with van der Waals surface area (Å²) in [5, 5.41) is 28.1. The summed E-state index contributed by atoms with van der Waals surface area (Å²) in [4.78, 5) is 15.5. The maximum atomic E-state index is 11.7. The first-order valence-electron chi connectivity index (χ1n) is 5.72. The average molecular weight is 269 g/mol. The second-order valence-corrected chi connectivity index (χ2v) is 4.10. The molecular weight excluding hydrogens is 254 g/mol. The Morgan fingerprint density at radius 2 is 2.21 bits per heavy atom. The third-order valence-electron chi connectivity index (χ3n) is 2.79. The maximum Gasteiger partial charge on any atom is 0.267 e. The number of carbonyl (C=O) groups excluding carboxylic acids is 1. The van der Waals surface area contributed by atoms with Crippen molar-refractivity contribution in [3.8, 4) is 0 Å². The quantitative estimate of drug-likeness (QED) is 0.391. The molecule has 0 unspecified atom stereocenters. The largest absolute Gasteiger partial charge is 0.394 e. The zero-order valence-electron chi connectivity index (χ0n) is 9.93. The highest BCUT2D eigenvalue weighted by atomic mass is 16.6. The number of aromatic nitrogens is 1. The van der Waals surface area contributed by atoms with Crippen LogP contribution in [0.4, 0.5) is 0 Å². The second-order valence-electron chi connectivity index (χ2n) is 4.10. The van der Waals surface area contributed by atoms with Gasteiger partial charge in [0.15, 0.2) is 6.23 Å². The van der Waals surface area contributed by atoms with Gasteiger partial charge in [-0.15, -0.1) is 0 Å². The van der Waals surface area contributed by atoms with Crippen LogP contribution < -0.4 is 10.9 Å². The molecular formula is C11H15N3O5. The maximum absolute atomic E-state index is 11.7. The SMILES string of the molecule is O=C(NN[C@@H]1O[C@H](CO)[C@@H](O)[C@@H]1O)c1cccnc1. The number of hydrazine groups is 1. The summed E-state index contributed by atoms with van der Waals surface area (Å²) in [6, 6.07) is 3.18. The van der Waals surface area contributed by atoms with E-state index in [9.17, 15) is 15.0 Å². The molecule has 0 spiro atoms. The van der Waals surface area contributed by atoms with Crippen molar-refractivity contribution in [3.05, 3.63) is 30.1 Å². The molecule has 0 radical (unpaired) electrons. The minimum atomic E-state index is -1.24. The fourth-order valence-electron chi connectivity index (χ4n) is 1.72. The number of hydrogen-bond acceptors (Lipinski definition) is 7. The first-order valence-corrected chi connectivity index (χ1v) is 5.72. The Balaban J connectivity index is 1.88. The highest BCUT2D eigenvalue weighted by Crippen LogP contribution is 2.18. The standard InChI is InChI=1S/C11H15N3O5/c15-5-7-8(16)9(17)11(19-7)14-13-10(18)6-2-1-3-12-4-6/h1-4,7-9,11,14-17H,5H2,(H,13,18)/t7-,8-,9+,11-/m1/s1. The molecule has 2 heterocycles. The number of aliphatic hydroxyl groups excluding tert-OH is 3. The number of hydrogen-bond donors (Lipinski definition) is 5. The molecule has 0 saturated carbocycles. The lowest BCUT2D eigenvalue weighted by Crippen LogP contribution is -2.49. The molecule has 1 aromatic heterocycles. The van der Waals surface area contributed by atoms with E-state index in [1.54, 1.807) is 12.1 Å². The molecule has 1 aliphatic rings. The zero-order valence-corrected chi connectivity index (χ0v) is 9.93. The number of nitrogens with zero attached hydrogens (tertiary/aromatic N) is 1. The van der Waals surface area contributed by atoms with Crippen LogP contribution in [0.15, 0.2) is 24.5 Å². The summed E-state index contributed by atoms with van der Waals surface area (Å²) in [5.41, 5.74) is 5.12. The van der Waals surface area contributed by atoms with Gasteiger partial charge in [-0.3, -0.25) is 15.2 Å². The summed E-state index contributed by atoms with van der Waals surface area (Å²) in [7, 11) is 0. The van der Waals surface area contributed by atoms with Gasteiger partial charge in [0, 0.05) is 12.4 Å². The Hall–Kier alpha value is -1.58. The van der Waals surface area contributed by atoms with E-state index in [1.807, 2.05) is 0 Å². The monoisotopic (exact) mass is 269 g/mol. The van der Waals surface area contributed by atoms with Crippen molar-refractivity contribution < 1.29 is 24.9 Å². The second kappa shape index (κ2) is 6.04. The van der Waals surface area contributed by atoms with Gasteiger partial charge < -0.3 is 20.1 Å². The lowest BCUT2D eigenvalue weighted by atomic mass is 10.1. The lowest BCUT2D eigenvalue weighted by molar-refractivity contribution is -0.0375. The Morgan fingerprint density at radius 1 is 1.42 bits per heavy atom. The van der Waals surface area contributed by atoms with Crippen molar-refractivity contribution in [2.45, 2.75) is 24.5 Å². The molecule has 1 fully saturated rings. The van der Waals surface area contributed by atoms with Crippen LogP contribution in [0, 0.1) is 0 Å². The number of amides is 1. The van der Waals surface area contributed by atoms with Crippen LogP contribution in [0.25, 0.3) is 0 Å². The molecule has 5 N–H and O–H groups in total. The Bertz CT molecular complexity index is 430. The van der Waals surface area contributed by atoms with Gasteiger partial charge in [-0.1, -0.05) is 0 Å². The van der Waals surface area contributed by atoms with Crippen molar-refractivity contribution in [2.24, 2.45) is 0 Å². The number of nitrogens with one attached hydrogen (secondary N) is 2. The Kier molecular flexibility index (Phi) is 4.40. The first kappa shape index (κ1) is 13.8. The first-order chi connectivity index (χ1) is 9.13. The molecule has 8 nitrogen and oxygen atoms in total. The van der Waals surface area contributed by atoms with E-state index in [2.05, 4.69) is 15.8 Å². The van der Waals surface area contributed by atoms with Gasteiger partial charge >= 0.3 is 0 Å². The van der Waals surface area contributed by atoms with E-state index >= 15 is 0 Å². The topological polar surface area (TPSA) is 124 Å². The third kappa shape index (κ3) is 3.06. The normalized spacial score (nSPS) is 30.3. The molecule has 4 atom stereocenters. The number of pyridine rings is 1. The van der Waals surface area contributed by atoms with Gasteiger partial charge in [0.2, 0.25) is 0 Å². The van der Waals surface area contributed by atoms with Gasteiger partial charge in [0.05, 0.1) is 12.2 Å². The van der Waals surface area contributed by atoms with E-state index in [-0.39, 0.29) is 0 Å². The molecule has 1 saturated heterocycles. The lowest BCUT2D eigenvalue weighted by Gasteiger charge is -2.16. The van der Waals surface area contributed by atoms with E-state index < -0.39 is 37.1 Å². The molecule has 1 aromatic rings. The van der Waals surface area contributed by atoms with Crippen molar-refractivity contribution in [1.82, 2.24) is 15.8 Å². The van der Waals surface area contributed by atoms with Crippen LogP contribution in [0.1, 0.15) is 10.4 Å². The summed E-state index contributed by atoms with van der Waals surface area (Å²) < 4.78 is 5.13. The van der Waals surface area contributed by atoms with E-state index in [0.717, 1.165) is 0 Å². The van der Waals surface area contributed by atoms with Crippen LogP contribution in [-0.4, -0.2) is 57.4 Å². The molecule has 0 aliphatic carbocycles. The molecule has 1 amide bonds. The van der Waals surface area contributed by atoms with E-state index in [4.69, 9.17) is 9.84 Å². The molecule has 104 valence electrons. The number of aliphatic hydroxyl groups is 3. The number of carbonyl (C=O) groups is 1. The summed E-state index contributed by atoms with van der Waals surface area (Å²) in [5.74, 6) is -0.453. The predicted octanol–water partition coefficient (Wildman–Crippen LogP) is -2.24. The Labute approximate surface area is 109 Å². The zero-order chi connectivity index (χ0) is 13.8. The van der Waals surface area contributed by atoms with Crippen molar-refractivity contribution in [1.29, 1.82) is 0 Å². The fourth-order valence-corrected chi connectivity index (χ4v) is 1.72. The van der Waals surface area contributed by atoms with Crippen molar-refractivity contribution >= 4 is 5.91 Å². The molecule has 8 heteroatoms. The predicted molar refractivity (Wildman–Crippen MR) is 62.6 cm³/mol. The minimum absolute atomic E-state index is 0.335. The van der Waals surface area contributed by atoms with E-state index in [0.29, 0.717) is 5.56 Å². The third-order valence-corrected chi connectivity index (χ3v) is 2.79. The average Bonchev–Trinajstić information content (AvgIpc) is 2.73. The van der Waals surface area contributed by atoms with Crippen LogP contribution in [0.3, 0.4) is 0 Å². The van der Waals surface area contributed by atoms with Crippen LogP contribution in [0.5, 0.6) is 0 Å². The number of rotatable bonds is 4. The number of ether oxygens (including phenoxy) is 1. The minimum Gasteiger partial charge on any atom is -0.394 e. The fraction of sp³-hybridized carbons (Fsp3) is 0.455. The summed E-state index contributed by atoms with van der Waals surface area (Å²) in [6.07, 6.45) is -1.41. The molecule has 0 aromatic carbocycles. The van der Waals surface area contributed by atoms with Gasteiger partial charge in [-0.05, 0) is 12.1 Å². The summed E-state index contributed by atoms with van der Waals surface area (Å²) >= 11 is 0. The highest BCUT2D eigenvalue weighted by molar-refractivity contribution is 5.93. The highest BCUT2D eigenvalue weighted by Gasteiger charge is 2.42. The van der Waals surface area contributed by atoms with Gasteiger partial charge in [-0.25, -0.2) is 5.43 Å². The van der Waals surface area contributed by atoms with Gasteiger partial charge in [-0.2, -0.15) is 0 Å². The van der Waals surface area contributed by atoms with Gasteiger partial charge in [0.25, 0.3) is 5.91 Å². The molecule has 0 bridgehead atoms. The molecule has 19 heavy (non-hydrogen) atoms. The van der Waals surface area contributed by atoms with Crippen LogP contribution in [-0.2, 0) is 4.74 Å². The summed E-state index contributed by atoms with van der Waals surface area (Å²) in [6.45, 7) is -0.424. The molecule has 2 rings (SSSR count). The van der Waals surface area contributed by atoms with Crippen LogP contribution >= 0.6 is 0 Å². The smallest absolute Gasteiger partial charge is 0.267 e.